The average molecular weight is 198 g/mol. The minimum atomic E-state index is 0.350. The highest BCUT2D eigenvalue weighted by molar-refractivity contribution is 5.71. The van der Waals surface area contributed by atoms with Crippen molar-refractivity contribution >= 4 is 6.29 Å². The Morgan fingerprint density at radius 1 is 1.50 bits per heavy atom. The van der Waals surface area contributed by atoms with Crippen LogP contribution in [0.3, 0.4) is 0 Å². The van der Waals surface area contributed by atoms with E-state index in [2.05, 4.69) is 35.5 Å². The molecule has 0 fully saturated rings. The zero-order valence-corrected chi connectivity index (χ0v) is 9.28. The van der Waals surface area contributed by atoms with Gasteiger partial charge in [-0.1, -0.05) is 19.0 Å². The maximum Gasteiger partial charge on any atom is 0.171 e. The van der Waals surface area contributed by atoms with Crippen molar-refractivity contribution in [3.05, 3.63) is 17.5 Å². The maximum absolute atomic E-state index is 9.90. The van der Waals surface area contributed by atoms with Crippen LogP contribution in [-0.4, -0.2) is 36.5 Å². The summed E-state index contributed by atoms with van der Waals surface area (Å²) in [6, 6.07) is 1.58. The molecule has 0 atom stereocenters. The molecule has 0 saturated heterocycles. The lowest BCUT2D eigenvalue weighted by atomic mass is 10.4. The predicted octanol–water partition coefficient (Wildman–Crippen LogP) is 1.75. The first kappa shape index (κ1) is 12.8. The van der Waals surface area contributed by atoms with Crippen LogP contribution in [0.5, 0.6) is 0 Å². The summed E-state index contributed by atoms with van der Waals surface area (Å²) in [6.07, 6.45) is 0.649. The molecular weight excluding hydrogens is 180 g/mol. The van der Waals surface area contributed by atoms with Crippen LogP contribution in [0.1, 0.15) is 30.1 Å². The molecule has 1 aromatic heterocycles. The highest BCUT2D eigenvalue weighted by Crippen LogP contribution is 1.96. The number of aromatic nitrogens is 1. The molecule has 1 aromatic rings. The Hall–Kier alpha value is -1.16. The van der Waals surface area contributed by atoms with Crippen LogP contribution in [0.15, 0.2) is 10.6 Å². The van der Waals surface area contributed by atoms with E-state index in [0.29, 0.717) is 17.7 Å². The Kier molecular flexibility index (Phi) is 6.66. The van der Waals surface area contributed by atoms with Crippen molar-refractivity contribution in [1.29, 1.82) is 0 Å². The zero-order chi connectivity index (χ0) is 11.0. The van der Waals surface area contributed by atoms with Gasteiger partial charge in [-0.25, -0.2) is 0 Å². The van der Waals surface area contributed by atoms with Gasteiger partial charge in [-0.2, -0.15) is 0 Å². The lowest BCUT2D eigenvalue weighted by molar-refractivity contribution is 0.111. The van der Waals surface area contributed by atoms with Gasteiger partial charge >= 0.3 is 0 Å². The van der Waals surface area contributed by atoms with Gasteiger partial charge in [-0.3, -0.25) is 4.79 Å². The number of rotatable bonds is 3. The third-order valence-corrected chi connectivity index (χ3v) is 1.85. The monoisotopic (exact) mass is 198 g/mol. The summed E-state index contributed by atoms with van der Waals surface area (Å²) >= 11 is 0. The standard InChI is InChI=1S/C5H5NO2.C5H13N/c1-4-2-5(3-7)6-8-4;1-4-6(3)5-2/h2-3H,1H3;4-5H2,1-3H3. The molecule has 0 radical (unpaired) electrons. The van der Waals surface area contributed by atoms with Gasteiger partial charge in [0, 0.05) is 6.07 Å². The van der Waals surface area contributed by atoms with Gasteiger partial charge in [0.15, 0.2) is 6.29 Å². The van der Waals surface area contributed by atoms with E-state index in [1.807, 2.05) is 0 Å². The first-order valence-corrected chi connectivity index (χ1v) is 4.71. The summed E-state index contributed by atoms with van der Waals surface area (Å²) in [5, 5.41) is 3.39. The summed E-state index contributed by atoms with van der Waals surface area (Å²) in [5.74, 6) is 0.659. The van der Waals surface area contributed by atoms with Gasteiger partial charge in [0.25, 0.3) is 0 Å². The smallest absolute Gasteiger partial charge is 0.171 e. The molecule has 80 valence electrons. The third-order valence-electron chi connectivity index (χ3n) is 1.85. The molecule has 4 heteroatoms. The van der Waals surface area contributed by atoms with Crippen LogP contribution >= 0.6 is 0 Å². The van der Waals surface area contributed by atoms with Crippen molar-refractivity contribution in [2.45, 2.75) is 20.8 Å². The number of aryl methyl sites for hydroxylation is 1. The van der Waals surface area contributed by atoms with E-state index in [-0.39, 0.29) is 0 Å². The number of nitrogens with zero attached hydrogens (tertiary/aromatic N) is 2. The molecule has 0 aromatic carbocycles. The van der Waals surface area contributed by atoms with Crippen LogP contribution in [0.4, 0.5) is 0 Å². The van der Waals surface area contributed by atoms with Crippen LogP contribution in [0.25, 0.3) is 0 Å². The number of carbonyl (C=O) groups excluding carboxylic acids is 1. The van der Waals surface area contributed by atoms with Gasteiger partial charge in [0.1, 0.15) is 11.5 Å². The van der Waals surface area contributed by atoms with E-state index >= 15 is 0 Å². The number of hydrogen-bond donors (Lipinski definition) is 0. The van der Waals surface area contributed by atoms with E-state index in [0.717, 1.165) is 13.1 Å². The Labute approximate surface area is 84.9 Å². The third kappa shape index (κ3) is 5.48. The maximum atomic E-state index is 9.90. The molecule has 4 nitrogen and oxygen atoms in total. The zero-order valence-electron chi connectivity index (χ0n) is 9.28. The Morgan fingerprint density at radius 3 is 2.21 bits per heavy atom. The molecule has 0 saturated carbocycles. The SMILES string of the molecule is CCN(C)CC.Cc1cc(C=O)no1. The van der Waals surface area contributed by atoms with Gasteiger partial charge in [-0.15, -0.1) is 0 Å². The lowest BCUT2D eigenvalue weighted by Gasteiger charge is -2.07. The molecule has 1 rings (SSSR count). The largest absolute Gasteiger partial charge is 0.361 e. The van der Waals surface area contributed by atoms with Crippen molar-refractivity contribution in [2.24, 2.45) is 0 Å². The van der Waals surface area contributed by atoms with Crippen LogP contribution < -0.4 is 0 Å². The van der Waals surface area contributed by atoms with Crippen LogP contribution in [-0.2, 0) is 0 Å². The molecule has 0 amide bonds. The first-order valence-electron chi connectivity index (χ1n) is 4.71. The molecule has 1 heterocycles. The van der Waals surface area contributed by atoms with Gasteiger partial charge < -0.3 is 9.42 Å². The molecule has 0 N–H and O–H groups in total. The molecule has 0 unspecified atom stereocenters. The second-order valence-electron chi connectivity index (χ2n) is 2.97. The minimum absolute atomic E-state index is 0.350. The topological polar surface area (TPSA) is 46.3 Å². The van der Waals surface area contributed by atoms with E-state index in [1.165, 1.54) is 0 Å². The predicted molar refractivity (Wildman–Crippen MR) is 55.5 cm³/mol. The molecule has 0 aliphatic rings. The van der Waals surface area contributed by atoms with Gasteiger partial charge in [0.2, 0.25) is 0 Å². The Bertz CT molecular complexity index is 254. The van der Waals surface area contributed by atoms with E-state index < -0.39 is 0 Å². The minimum Gasteiger partial charge on any atom is -0.361 e. The Morgan fingerprint density at radius 2 is 2.07 bits per heavy atom. The van der Waals surface area contributed by atoms with Crippen LogP contribution in [0.2, 0.25) is 0 Å². The second kappa shape index (κ2) is 7.26. The average Bonchev–Trinajstić information content (AvgIpc) is 2.64. The molecule has 14 heavy (non-hydrogen) atoms. The van der Waals surface area contributed by atoms with E-state index in [1.54, 1.807) is 13.0 Å². The molecular formula is C10H18N2O2. The number of aldehydes is 1. The van der Waals surface area contributed by atoms with Crippen molar-refractivity contribution in [2.75, 3.05) is 20.1 Å². The number of carbonyl (C=O) groups is 1. The van der Waals surface area contributed by atoms with Crippen molar-refractivity contribution in [1.82, 2.24) is 10.1 Å². The van der Waals surface area contributed by atoms with Crippen molar-refractivity contribution < 1.29 is 9.32 Å². The fraction of sp³-hybridized carbons (Fsp3) is 0.600. The molecule has 0 aliphatic carbocycles. The fourth-order valence-corrected chi connectivity index (χ4v) is 0.665. The first-order chi connectivity index (χ1) is 6.63. The molecule has 0 spiro atoms. The molecule has 0 bridgehead atoms. The fourth-order valence-electron chi connectivity index (χ4n) is 0.665. The van der Waals surface area contributed by atoms with Gasteiger partial charge in [-0.05, 0) is 27.1 Å². The normalized spacial score (nSPS) is 9.50. The highest BCUT2D eigenvalue weighted by Gasteiger charge is 1.94. The van der Waals surface area contributed by atoms with Crippen molar-refractivity contribution in [3.8, 4) is 0 Å². The summed E-state index contributed by atoms with van der Waals surface area (Å²) in [6.45, 7) is 8.38. The summed E-state index contributed by atoms with van der Waals surface area (Å²) in [5.41, 5.74) is 0.350. The summed E-state index contributed by atoms with van der Waals surface area (Å²) in [4.78, 5) is 12.1. The summed E-state index contributed by atoms with van der Waals surface area (Å²) < 4.78 is 4.57. The summed E-state index contributed by atoms with van der Waals surface area (Å²) in [7, 11) is 2.11. The number of hydrogen-bond acceptors (Lipinski definition) is 4. The molecule has 0 aliphatic heterocycles. The van der Waals surface area contributed by atoms with E-state index in [4.69, 9.17) is 0 Å². The lowest BCUT2D eigenvalue weighted by Crippen LogP contribution is -2.15. The quantitative estimate of drug-likeness (QED) is 0.694. The second-order valence-corrected chi connectivity index (χ2v) is 2.97. The Balaban J connectivity index is 0.000000255. The van der Waals surface area contributed by atoms with Crippen LogP contribution in [0, 0.1) is 6.92 Å². The van der Waals surface area contributed by atoms with E-state index in [9.17, 15) is 4.79 Å². The van der Waals surface area contributed by atoms with Gasteiger partial charge in [0.05, 0.1) is 0 Å². The van der Waals surface area contributed by atoms with Crippen molar-refractivity contribution in [3.63, 3.8) is 0 Å². The highest BCUT2D eigenvalue weighted by atomic mass is 16.5.